The van der Waals surface area contributed by atoms with E-state index in [1.807, 2.05) is 6.08 Å². The number of amides is 1. The molecule has 2 aliphatic rings. The second-order valence-electron chi connectivity index (χ2n) is 23.9. The molecule has 508 valence electrons. The first kappa shape index (κ1) is 81.2. The van der Waals surface area contributed by atoms with E-state index in [1.54, 1.807) is 6.08 Å². The average molecular weight is 1250 g/mol. The Morgan fingerprint density at radius 1 is 0.416 bits per heavy atom. The molecule has 0 aromatic rings. The van der Waals surface area contributed by atoms with Crippen molar-refractivity contribution in [1.29, 1.82) is 0 Å². The standard InChI is InChI=1S/C75H125NO13/c1-3-5-7-9-11-13-15-17-19-21-23-25-26-27-28-29-30-31-32-33-34-35-36-37-38-39-41-43-45-47-49-51-53-55-57-59-67(80)76-63(64(79)58-56-54-52-50-48-46-44-42-40-24-22-20-18-16-14-12-10-8-6-4-2)62-86-74-72(85)70(83)73(66(61-78)88-74)89-75-71(84)69(82)68(81)65(60-77)87-75/h5,7,11,13,17,19,23,25,27-28,30-31,33-34,36-37,40,42,48,50,56,58,63-66,68-75,77-79,81-85H,3-4,6,8-10,12,14-16,18,20-22,24,26,29,32,35,38-39,41,43-47,49,51-55,57,59-62H2,1-2H3,(H,76,80)/b7-5-,13-11-,19-17-,25-23-,28-27-,31-30-,34-33-,37-36-,42-40+,50-48+,58-56+. The van der Waals surface area contributed by atoms with Crippen LogP contribution in [0, 0.1) is 0 Å². The topological polar surface area (TPSA) is 228 Å². The fourth-order valence-electron chi connectivity index (χ4n) is 10.5. The molecule has 9 N–H and O–H groups in total. The highest BCUT2D eigenvalue weighted by Gasteiger charge is 2.51. The quantitative estimate of drug-likeness (QED) is 0.0204. The third kappa shape index (κ3) is 42.1. The van der Waals surface area contributed by atoms with Crippen LogP contribution in [-0.2, 0) is 23.7 Å². The lowest BCUT2D eigenvalue weighted by Crippen LogP contribution is -2.65. The molecular weight excluding hydrogens is 1120 g/mol. The third-order valence-electron chi connectivity index (χ3n) is 16.0. The predicted octanol–water partition coefficient (Wildman–Crippen LogP) is 14.3. The molecule has 12 unspecified atom stereocenters. The van der Waals surface area contributed by atoms with Gasteiger partial charge in [-0.25, -0.2) is 0 Å². The second-order valence-corrected chi connectivity index (χ2v) is 23.9. The lowest BCUT2D eigenvalue weighted by atomic mass is 9.97. The maximum absolute atomic E-state index is 13.3. The number of carbonyl (C=O) groups is 1. The van der Waals surface area contributed by atoms with Gasteiger partial charge in [-0.05, 0) is 109 Å². The van der Waals surface area contributed by atoms with Crippen molar-refractivity contribution < 1.29 is 64.6 Å². The number of aliphatic hydroxyl groups excluding tert-OH is 8. The number of unbranched alkanes of at least 4 members (excludes halogenated alkanes) is 22. The Morgan fingerprint density at radius 3 is 1.24 bits per heavy atom. The molecule has 0 bridgehead atoms. The van der Waals surface area contributed by atoms with E-state index in [0.717, 1.165) is 103 Å². The zero-order valence-corrected chi connectivity index (χ0v) is 55.1. The summed E-state index contributed by atoms with van der Waals surface area (Å²) in [6.45, 7) is 2.65. The van der Waals surface area contributed by atoms with Crippen molar-refractivity contribution in [3.63, 3.8) is 0 Å². The fraction of sp³-hybridized carbons (Fsp3) is 0.693. The number of hydrogen-bond acceptors (Lipinski definition) is 13. The lowest BCUT2D eigenvalue weighted by molar-refractivity contribution is -0.359. The Morgan fingerprint density at radius 2 is 0.787 bits per heavy atom. The largest absolute Gasteiger partial charge is 0.394 e. The molecule has 89 heavy (non-hydrogen) atoms. The van der Waals surface area contributed by atoms with Crippen LogP contribution in [0.25, 0.3) is 0 Å². The minimum atomic E-state index is -1.80. The summed E-state index contributed by atoms with van der Waals surface area (Å²) in [5.41, 5.74) is 0. The summed E-state index contributed by atoms with van der Waals surface area (Å²) in [6, 6.07) is -0.951. The Bertz CT molecular complexity index is 2010. The van der Waals surface area contributed by atoms with Crippen LogP contribution in [0.3, 0.4) is 0 Å². The minimum absolute atomic E-state index is 0.256. The molecule has 14 nitrogen and oxygen atoms in total. The van der Waals surface area contributed by atoms with E-state index < -0.39 is 86.8 Å². The highest BCUT2D eigenvalue weighted by molar-refractivity contribution is 5.76. The van der Waals surface area contributed by atoms with Gasteiger partial charge in [0.2, 0.25) is 5.91 Å². The molecule has 14 heteroatoms. The molecule has 12 atom stereocenters. The zero-order valence-electron chi connectivity index (χ0n) is 55.1. The summed E-state index contributed by atoms with van der Waals surface area (Å²) in [5.74, 6) is -0.263. The number of rotatable bonds is 55. The van der Waals surface area contributed by atoms with Gasteiger partial charge in [0.1, 0.15) is 48.8 Å². The van der Waals surface area contributed by atoms with Crippen LogP contribution in [0.1, 0.15) is 239 Å². The van der Waals surface area contributed by atoms with E-state index in [1.165, 1.54) is 103 Å². The van der Waals surface area contributed by atoms with Gasteiger partial charge in [-0.1, -0.05) is 257 Å². The molecule has 0 saturated carbocycles. The first-order chi connectivity index (χ1) is 43.6. The van der Waals surface area contributed by atoms with Gasteiger partial charge in [-0.15, -0.1) is 0 Å². The zero-order chi connectivity index (χ0) is 64.5. The molecule has 0 aromatic carbocycles. The lowest BCUT2D eigenvalue weighted by Gasteiger charge is -2.46. The van der Waals surface area contributed by atoms with Gasteiger partial charge in [-0.3, -0.25) is 4.79 Å². The van der Waals surface area contributed by atoms with E-state index in [0.29, 0.717) is 12.8 Å². The maximum Gasteiger partial charge on any atom is 0.220 e. The van der Waals surface area contributed by atoms with Gasteiger partial charge in [0.25, 0.3) is 0 Å². The highest BCUT2D eigenvalue weighted by Crippen LogP contribution is 2.30. The van der Waals surface area contributed by atoms with Crippen LogP contribution in [-0.4, -0.2) is 140 Å². The monoisotopic (exact) mass is 1250 g/mol. The van der Waals surface area contributed by atoms with Crippen molar-refractivity contribution in [2.24, 2.45) is 0 Å². The minimum Gasteiger partial charge on any atom is -0.394 e. The normalized spacial score (nSPS) is 23.9. The molecule has 0 radical (unpaired) electrons. The second kappa shape index (κ2) is 58.0. The van der Waals surface area contributed by atoms with Crippen LogP contribution in [0.2, 0.25) is 0 Å². The third-order valence-corrected chi connectivity index (χ3v) is 16.0. The van der Waals surface area contributed by atoms with Gasteiger partial charge in [0, 0.05) is 6.42 Å². The van der Waals surface area contributed by atoms with Gasteiger partial charge < -0.3 is 65.1 Å². The number of nitrogens with one attached hydrogen (secondary N) is 1. The summed E-state index contributed by atoms with van der Waals surface area (Å²) in [7, 11) is 0. The molecule has 1 amide bonds. The van der Waals surface area contributed by atoms with Crippen molar-refractivity contribution in [3.05, 3.63) is 134 Å². The van der Waals surface area contributed by atoms with E-state index >= 15 is 0 Å². The molecule has 2 fully saturated rings. The van der Waals surface area contributed by atoms with E-state index in [2.05, 4.69) is 141 Å². The highest BCUT2D eigenvalue weighted by atomic mass is 16.7. The Hall–Kier alpha value is -3.87. The van der Waals surface area contributed by atoms with Crippen molar-refractivity contribution in [2.45, 2.75) is 312 Å². The first-order valence-electron chi connectivity index (χ1n) is 34.9. The summed E-state index contributed by atoms with van der Waals surface area (Å²) in [6.07, 6.45) is 69.2. The smallest absolute Gasteiger partial charge is 0.220 e. The summed E-state index contributed by atoms with van der Waals surface area (Å²) in [4.78, 5) is 13.3. The van der Waals surface area contributed by atoms with Gasteiger partial charge >= 0.3 is 0 Å². The number of hydrogen-bond donors (Lipinski definition) is 9. The molecule has 2 aliphatic heterocycles. The van der Waals surface area contributed by atoms with Crippen molar-refractivity contribution in [2.75, 3.05) is 19.8 Å². The first-order valence-corrected chi connectivity index (χ1v) is 34.9. The number of allylic oxidation sites excluding steroid dienone is 21. The fourth-order valence-corrected chi connectivity index (χ4v) is 10.5. The van der Waals surface area contributed by atoms with Crippen LogP contribution >= 0.6 is 0 Å². The Balaban J connectivity index is 1.69. The molecule has 0 aliphatic carbocycles. The summed E-state index contributed by atoms with van der Waals surface area (Å²) in [5, 5.41) is 87.4. The maximum atomic E-state index is 13.3. The summed E-state index contributed by atoms with van der Waals surface area (Å²) < 4.78 is 22.8. The van der Waals surface area contributed by atoms with Crippen LogP contribution in [0.4, 0.5) is 0 Å². The van der Waals surface area contributed by atoms with Gasteiger partial charge in [0.15, 0.2) is 12.6 Å². The molecular formula is C75H125NO13. The van der Waals surface area contributed by atoms with Crippen molar-refractivity contribution >= 4 is 5.91 Å². The number of aliphatic hydroxyl groups is 8. The van der Waals surface area contributed by atoms with Crippen LogP contribution < -0.4 is 5.32 Å². The predicted molar refractivity (Wildman–Crippen MR) is 364 cm³/mol. The average Bonchev–Trinajstić information content (AvgIpc) is 3.62. The van der Waals surface area contributed by atoms with E-state index in [-0.39, 0.29) is 18.9 Å². The van der Waals surface area contributed by atoms with Crippen LogP contribution in [0.15, 0.2) is 134 Å². The van der Waals surface area contributed by atoms with Gasteiger partial charge in [-0.2, -0.15) is 0 Å². The van der Waals surface area contributed by atoms with Crippen molar-refractivity contribution in [3.8, 4) is 0 Å². The number of carbonyl (C=O) groups excluding carboxylic acids is 1. The summed E-state index contributed by atoms with van der Waals surface area (Å²) >= 11 is 0. The van der Waals surface area contributed by atoms with Crippen LogP contribution in [0.5, 0.6) is 0 Å². The van der Waals surface area contributed by atoms with E-state index in [9.17, 15) is 45.6 Å². The molecule has 2 saturated heterocycles. The Kier molecular flexibility index (Phi) is 52.9. The number of ether oxygens (including phenoxy) is 4. The molecule has 2 rings (SSSR count). The molecule has 2 heterocycles. The Labute approximate surface area is 539 Å². The molecule has 0 spiro atoms. The van der Waals surface area contributed by atoms with E-state index in [4.69, 9.17) is 18.9 Å². The van der Waals surface area contributed by atoms with Gasteiger partial charge in [0.05, 0.1) is 32.0 Å². The SMILES string of the molecule is CC/C=C\C/C=C\C/C=C\C/C=C\C/C=C\C/C=C\C/C=C\C/C=C\CCCCCCCCCCCCC(=O)NC(COC1OC(CO)C(OC2OC(CO)C(O)C(O)C2O)C(O)C1O)C(O)/C=C/CC/C=C/CC/C=C/CCCCCCCCCCCC. The van der Waals surface area contributed by atoms with Crippen molar-refractivity contribution in [1.82, 2.24) is 5.32 Å². The molecule has 0 aromatic heterocycles.